The van der Waals surface area contributed by atoms with E-state index >= 15 is 0 Å². The van der Waals surface area contributed by atoms with E-state index in [1.54, 1.807) is 9.80 Å². The highest BCUT2D eigenvalue weighted by Gasteiger charge is 2.26. The van der Waals surface area contributed by atoms with Crippen molar-refractivity contribution in [1.29, 1.82) is 0 Å². The maximum atomic E-state index is 12.2. The lowest BCUT2D eigenvalue weighted by molar-refractivity contribution is -0.138. The first-order chi connectivity index (χ1) is 9.75. The number of hydrogen-bond donors (Lipinski definition) is 0. The molecule has 1 rings (SSSR count). The van der Waals surface area contributed by atoms with Gasteiger partial charge in [0.2, 0.25) is 21.8 Å². The van der Waals surface area contributed by atoms with Crippen molar-refractivity contribution < 1.29 is 18.0 Å². The number of amides is 2. The van der Waals surface area contributed by atoms with Gasteiger partial charge in [-0.15, -0.1) is 0 Å². The first-order valence-electron chi connectivity index (χ1n) is 7.24. The predicted octanol–water partition coefficient (Wildman–Crippen LogP) is -0.261. The quantitative estimate of drug-likeness (QED) is 0.676. The fourth-order valence-electron chi connectivity index (χ4n) is 2.22. The molecule has 0 unspecified atom stereocenters. The van der Waals surface area contributed by atoms with E-state index in [4.69, 9.17) is 0 Å². The summed E-state index contributed by atoms with van der Waals surface area (Å²) in [4.78, 5) is 26.8. The normalized spacial score (nSPS) is 16.4. The van der Waals surface area contributed by atoms with E-state index in [0.29, 0.717) is 32.7 Å². The van der Waals surface area contributed by atoms with Crippen LogP contribution in [0.3, 0.4) is 0 Å². The molecule has 122 valence electrons. The number of hydrogen-bond acceptors (Lipinski definition) is 4. The molecule has 0 aromatic heterocycles. The lowest BCUT2D eigenvalue weighted by atomic mass is 10.3. The van der Waals surface area contributed by atoms with Gasteiger partial charge >= 0.3 is 0 Å². The molecule has 0 aliphatic carbocycles. The Morgan fingerprint density at radius 3 is 2.05 bits per heavy atom. The number of rotatable bonds is 6. The molecule has 1 aliphatic rings. The monoisotopic (exact) mass is 319 g/mol. The van der Waals surface area contributed by atoms with E-state index in [1.807, 2.05) is 6.92 Å². The highest BCUT2D eigenvalue weighted by molar-refractivity contribution is 7.88. The molecular weight excluding hydrogens is 294 g/mol. The van der Waals surface area contributed by atoms with Gasteiger partial charge in [0.1, 0.15) is 0 Å². The van der Waals surface area contributed by atoms with Gasteiger partial charge in [-0.2, -0.15) is 4.31 Å². The van der Waals surface area contributed by atoms with Crippen molar-refractivity contribution in [3.05, 3.63) is 0 Å². The molecule has 21 heavy (non-hydrogen) atoms. The van der Waals surface area contributed by atoms with Crippen molar-refractivity contribution in [3.8, 4) is 0 Å². The van der Waals surface area contributed by atoms with E-state index in [0.717, 1.165) is 19.1 Å². The van der Waals surface area contributed by atoms with Crippen molar-refractivity contribution in [2.45, 2.75) is 26.7 Å². The molecule has 7 nitrogen and oxygen atoms in total. The van der Waals surface area contributed by atoms with Crippen LogP contribution in [0, 0.1) is 0 Å². The van der Waals surface area contributed by atoms with Crippen LogP contribution in [0.15, 0.2) is 0 Å². The second kappa shape index (κ2) is 7.74. The van der Waals surface area contributed by atoms with Crippen LogP contribution >= 0.6 is 0 Å². The van der Waals surface area contributed by atoms with Crippen molar-refractivity contribution in [2.24, 2.45) is 0 Å². The van der Waals surface area contributed by atoms with Gasteiger partial charge in [-0.25, -0.2) is 8.42 Å². The summed E-state index contributed by atoms with van der Waals surface area (Å²) in [7, 11) is -3.37. The van der Waals surface area contributed by atoms with Crippen molar-refractivity contribution in [3.63, 3.8) is 0 Å². The standard InChI is InChI=1S/C13H25N3O4S/c1-4-5-6-16(21(3,19)20)11-13(18)15-9-7-14(8-10-15)12(2)17/h4-11H2,1-3H3. The summed E-state index contributed by atoms with van der Waals surface area (Å²) in [6.45, 7) is 5.68. The first kappa shape index (κ1) is 17.9. The Labute approximate surface area is 126 Å². The predicted molar refractivity (Wildman–Crippen MR) is 80.2 cm³/mol. The van der Waals surface area contributed by atoms with Crippen LogP contribution in [0.2, 0.25) is 0 Å². The summed E-state index contributed by atoms with van der Waals surface area (Å²) < 4.78 is 24.6. The third-order valence-corrected chi connectivity index (χ3v) is 4.87. The van der Waals surface area contributed by atoms with E-state index in [1.165, 1.54) is 11.2 Å². The molecule has 0 bridgehead atoms. The van der Waals surface area contributed by atoms with Crippen LogP contribution in [-0.4, -0.2) is 79.9 Å². The van der Waals surface area contributed by atoms with Crippen molar-refractivity contribution in [2.75, 3.05) is 45.5 Å². The molecule has 0 N–H and O–H groups in total. The molecule has 1 aliphatic heterocycles. The van der Waals surface area contributed by atoms with Crippen LogP contribution in [0.5, 0.6) is 0 Å². The summed E-state index contributed by atoms with van der Waals surface area (Å²) in [6, 6.07) is 0. The molecular formula is C13H25N3O4S. The third-order valence-electron chi connectivity index (χ3n) is 3.62. The van der Waals surface area contributed by atoms with Gasteiger partial charge in [0.25, 0.3) is 0 Å². The van der Waals surface area contributed by atoms with Crippen LogP contribution < -0.4 is 0 Å². The van der Waals surface area contributed by atoms with Crippen molar-refractivity contribution in [1.82, 2.24) is 14.1 Å². The zero-order valence-corrected chi connectivity index (χ0v) is 13.9. The molecule has 2 amide bonds. The highest BCUT2D eigenvalue weighted by atomic mass is 32.2. The number of nitrogens with zero attached hydrogens (tertiary/aromatic N) is 3. The Bertz CT molecular complexity index is 470. The van der Waals surface area contributed by atoms with Gasteiger partial charge in [-0.05, 0) is 6.42 Å². The Balaban J connectivity index is 2.56. The van der Waals surface area contributed by atoms with Gasteiger partial charge in [0, 0.05) is 39.6 Å². The van der Waals surface area contributed by atoms with E-state index in [-0.39, 0.29) is 18.4 Å². The Morgan fingerprint density at radius 1 is 1.10 bits per heavy atom. The van der Waals surface area contributed by atoms with E-state index in [2.05, 4.69) is 0 Å². The Hall–Kier alpha value is -1.15. The average Bonchev–Trinajstić information content (AvgIpc) is 2.42. The lowest BCUT2D eigenvalue weighted by Gasteiger charge is -2.35. The zero-order valence-electron chi connectivity index (χ0n) is 13.0. The van der Waals surface area contributed by atoms with Gasteiger partial charge in [-0.3, -0.25) is 9.59 Å². The molecule has 0 radical (unpaired) electrons. The van der Waals surface area contributed by atoms with E-state index in [9.17, 15) is 18.0 Å². The number of piperazine rings is 1. The molecule has 8 heteroatoms. The summed E-state index contributed by atoms with van der Waals surface area (Å²) in [6.07, 6.45) is 2.74. The molecule has 0 atom stereocenters. The molecule has 1 fully saturated rings. The fraction of sp³-hybridized carbons (Fsp3) is 0.846. The second-order valence-corrected chi connectivity index (χ2v) is 7.32. The minimum absolute atomic E-state index is 0.00260. The molecule has 1 heterocycles. The molecule has 0 aromatic rings. The summed E-state index contributed by atoms with van der Waals surface area (Å²) in [5.74, 6) is -0.192. The van der Waals surface area contributed by atoms with Crippen molar-refractivity contribution >= 4 is 21.8 Å². The SMILES string of the molecule is CCCCN(CC(=O)N1CCN(C(C)=O)CC1)S(C)(=O)=O. The Kier molecular flexibility index (Phi) is 6.60. The topological polar surface area (TPSA) is 78.0 Å². The first-order valence-corrected chi connectivity index (χ1v) is 9.09. The number of carbonyl (C=O) groups excluding carboxylic acids is 2. The number of sulfonamides is 1. The summed E-state index contributed by atoms with van der Waals surface area (Å²) >= 11 is 0. The minimum Gasteiger partial charge on any atom is -0.339 e. The van der Waals surface area contributed by atoms with Crippen LogP contribution in [0.4, 0.5) is 0 Å². The highest BCUT2D eigenvalue weighted by Crippen LogP contribution is 2.06. The van der Waals surface area contributed by atoms with Crippen LogP contribution in [-0.2, 0) is 19.6 Å². The third kappa shape index (κ3) is 5.62. The maximum Gasteiger partial charge on any atom is 0.238 e. The van der Waals surface area contributed by atoms with Gasteiger partial charge in [-0.1, -0.05) is 13.3 Å². The van der Waals surface area contributed by atoms with Crippen LogP contribution in [0.1, 0.15) is 26.7 Å². The summed E-state index contributed by atoms with van der Waals surface area (Å²) in [5.41, 5.74) is 0. The van der Waals surface area contributed by atoms with Gasteiger partial charge < -0.3 is 9.80 Å². The van der Waals surface area contributed by atoms with E-state index < -0.39 is 10.0 Å². The summed E-state index contributed by atoms with van der Waals surface area (Å²) in [5, 5.41) is 0. The average molecular weight is 319 g/mol. The number of carbonyl (C=O) groups is 2. The van der Waals surface area contributed by atoms with Crippen LogP contribution in [0.25, 0.3) is 0 Å². The van der Waals surface area contributed by atoms with Gasteiger partial charge in [0.15, 0.2) is 0 Å². The molecule has 0 spiro atoms. The molecule has 0 saturated carbocycles. The maximum absolute atomic E-state index is 12.2. The largest absolute Gasteiger partial charge is 0.339 e. The minimum atomic E-state index is -3.37. The fourth-order valence-corrected chi connectivity index (χ4v) is 3.02. The molecule has 1 saturated heterocycles. The zero-order chi connectivity index (χ0) is 16.0. The van der Waals surface area contributed by atoms with Gasteiger partial charge in [0.05, 0.1) is 12.8 Å². The number of unbranched alkanes of at least 4 members (excludes halogenated alkanes) is 1. The second-order valence-electron chi connectivity index (χ2n) is 5.34. The molecule has 0 aromatic carbocycles. The lowest BCUT2D eigenvalue weighted by Crippen LogP contribution is -2.52. The smallest absolute Gasteiger partial charge is 0.238 e. The Morgan fingerprint density at radius 2 is 1.62 bits per heavy atom.